The number of ether oxygens (including phenoxy) is 1. The van der Waals surface area contributed by atoms with Gasteiger partial charge in [-0.1, -0.05) is 12.1 Å². The molecule has 1 aliphatic heterocycles. The average molecular weight is 434 g/mol. The second kappa shape index (κ2) is 9.07. The molecule has 0 spiro atoms. The second-order valence-corrected chi connectivity index (χ2v) is 9.54. The zero-order valence-electron chi connectivity index (χ0n) is 17.6. The summed E-state index contributed by atoms with van der Waals surface area (Å²) in [5, 5.41) is 2.87. The fourth-order valence-corrected chi connectivity index (χ4v) is 4.51. The maximum Gasteiger partial charge on any atom is 0.281 e. The van der Waals surface area contributed by atoms with E-state index in [0.29, 0.717) is 43.1 Å². The summed E-state index contributed by atoms with van der Waals surface area (Å²) in [7, 11) is 1.18. The summed E-state index contributed by atoms with van der Waals surface area (Å²) in [5.41, 5.74) is 1.89. The molecule has 1 N–H and O–H groups in total. The van der Waals surface area contributed by atoms with Gasteiger partial charge in [-0.2, -0.15) is 17.0 Å². The largest absolute Gasteiger partial charge is 0.497 e. The van der Waals surface area contributed by atoms with Crippen LogP contribution in [0.15, 0.2) is 30.5 Å². The summed E-state index contributed by atoms with van der Waals surface area (Å²) in [6.07, 6.45) is 2.16. The minimum absolute atomic E-state index is 0.0904. The highest BCUT2D eigenvalue weighted by Gasteiger charge is 2.34. The molecular formula is C20H27N5O4S. The van der Waals surface area contributed by atoms with Gasteiger partial charge in [0.25, 0.3) is 16.1 Å². The number of carbonyl (C=O) groups excluding carboxylic acids is 1. The molecule has 1 aliphatic rings. The van der Waals surface area contributed by atoms with Crippen molar-refractivity contribution in [3.63, 3.8) is 0 Å². The van der Waals surface area contributed by atoms with E-state index in [1.165, 1.54) is 28.9 Å². The smallest absolute Gasteiger partial charge is 0.281 e. The Morgan fingerprint density at radius 3 is 2.80 bits per heavy atom. The lowest BCUT2D eigenvalue weighted by Crippen LogP contribution is -2.38. The molecule has 1 atom stereocenters. The van der Waals surface area contributed by atoms with Crippen LogP contribution in [0.3, 0.4) is 0 Å². The van der Waals surface area contributed by atoms with E-state index in [0.717, 1.165) is 11.3 Å². The average Bonchev–Trinajstić information content (AvgIpc) is 3.23. The Balaban J connectivity index is 1.66. The Labute approximate surface area is 177 Å². The molecular weight excluding hydrogens is 406 g/mol. The van der Waals surface area contributed by atoms with Crippen molar-refractivity contribution in [3.05, 3.63) is 53.1 Å². The monoisotopic (exact) mass is 433 g/mol. The van der Waals surface area contributed by atoms with E-state index in [4.69, 9.17) is 4.74 Å². The fourth-order valence-electron chi connectivity index (χ4n) is 3.34. The first-order chi connectivity index (χ1) is 14.2. The van der Waals surface area contributed by atoms with Crippen molar-refractivity contribution in [3.8, 4) is 5.75 Å². The van der Waals surface area contributed by atoms with Crippen molar-refractivity contribution in [2.75, 3.05) is 34.3 Å². The van der Waals surface area contributed by atoms with Crippen LogP contribution in [0, 0.1) is 6.92 Å². The third-order valence-electron chi connectivity index (χ3n) is 5.13. The van der Waals surface area contributed by atoms with Crippen molar-refractivity contribution in [1.29, 1.82) is 0 Å². The molecule has 0 bridgehead atoms. The highest BCUT2D eigenvalue weighted by atomic mass is 32.2. The van der Waals surface area contributed by atoms with Crippen LogP contribution >= 0.6 is 0 Å². The van der Waals surface area contributed by atoms with E-state index >= 15 is 0 Å². The van der Waals surface area contributed by atoms with Gasteiger partial charge in [-0.25, -0.2) is 9.97 Å². The number of amides is 1. The molecule has 1 amide bonds. The first-order valence-corrected chi connectivity index (χ1v) is 11.0. The molecule has 0 unspecified atom stereocenters. The van der Waals surface area contributed by atoms with Crippen molar-refractivity contribution in [2.45, 2.75) is 25.8 Å². The number of hydrogen-bond donors (Lipinski definition) is 1. The quantitative estimate of drug-likeness (QED) is 0.706. The standard InChI is InChI=1S/C20H27N5O4S/c1-14-18(20(26)22-11-15-6-5-7-17(10-15)29-4)12-21-19(23-14)16-8-9-25(13-16)30(27,28)24(2)3/h5-7,10,12,16H,8-9,11,13H2,1-4H3,(H,22,26)/t16-/m0/s1. The van der Waals surface area contributed by atoms with Crippen molar-refractivity contribution in [1.82, 2.24) is 23.9 Å². The van der Waals surface area contributed by atoms with Gasteiger partial charge < -0.3 is 10.1 Å². The number of aromatic nitrogens is 2. The number of benzene rings is 1. The summed E-state index contributed by atoms with van der Waals surface area (Å²) in [5.74, 6) is 0.943. The number of rotatable bonds is 7. The SMILES string of the molecule is COc1cccc(CNC(=O)c2cnc([C@H]3CCN(S(=O)(=O)N(C)C)C3)nc2C)c1. The first-order valence-electron chi connectivity index (χ1n) is 9.64. The molecule has 162 valence electrons. The molecule has 0 aliphatic carbocycles. The van der Waals surface area contributed by atoms with E-state index < -0.39 is 10.2 Å². The minimum atomic E-state index is -3.45. The Morgan fingerprint density at radius 2 is 2.13 bits per heavy atom. The minimum Gasteiger partial charge on any atom is -0.497 e. The number of nitrogens with one attached hydrogen (secondary N) is 1. The molecule has 1 fully saturated rings. The number of carbonyl (C=O) groups is 1. The van der Waals surface area contributed by atoms with Gasteiger partial charge in [0.2, 0.25) is 0 Å². The lowest BCUT2D eigenvalue weighted by Gasteiger charge is -2.20. The lowest BCUT2D eigenvalue weighted by molar-refractivity contribution is 0.0949. The van der Waals surface area contributed by atoms with E-state index in [-0.39, 0.29) is 11.8 Å². The maximum atomic E-state index is 12.6. The summed E-state index contributed by atoms with van der Waals surface area (Å²) < 4.78 is 32.4. The van der Waals surface area contributed by atoms with Crippen molar-refractivity contribution >= 4 is 16.1 Å². The summed E-state index contributed by atoms with van der Waals surface area (Å²) in [6.45, 7) is 2.88. The molecule has 0 saturated carbocycles. The molecule has 0 radical (unpaired) electrons. The third-order valence-corrected chi connectivity index (χ3v) is 7.04. The Bertz CT molecular complexity index is 1030. The summed E-state index contributed by atoms with van der Waals surface area (Å²) in [6, 6.07) is 7.48. The topological polar surface area (TPSA) is 105 Å². The summed E-state index contributed by atoms with van der Waals surface area (Å²) >= 11 is 0. The second-order valence-electron chi connectivity index (χ2n) is 7.40. The molecule has 30 heavy (non-hydrogen) atoms. The normalized spacial score (nSPS) is 17.3. The van der Waals surface area contributed by atoms with E-state index in [1.807, 2.05) is 24.3 Å². The van der Waals surface area contributed by atoms with E-state index in [1.54, 1.807) is 14.0 Å². The predicted octanol–water partition coefficient (Wildman–Crippen LogP) is 1.32. The highest BCUT2D eigenvalue weighted by molar-refractivity contribution is 7.86. The molecule has 1 aromatic carbocycles. The van der Waals surface area contributed by atoms with Gasteiger partial charge in [-0.3, -0.25) is 4.79 Å². The molecule has 9 nitrogen and oxygen atoms in total. The fraction of sp³-hybridized carbons (Fsp3) is 0.450. The van der Waals surface area contributed by atoms with E-state index in [9.17, 15) is 13.2 Å². The van der Waals surface area contributed by atoms with E-state index in [2.05, 4.69) is 15.3 Å². The Hall–Kier alpha value is -2.56. The third kappa shape index (κ3) is 4.77. The Kier molecular flexibility index (Phi) is 6.69. The van der Waals surface area contributed by atoms with Crippen molar-refractivity contribution < 1.29 is 17.9 Å². The van der Waals surface area contributed by atoms with Gasteiger partial charge in [-0.05, 0) is 31.0 Å². The molecule has 2 aromatic rings. The zero-order valence-corrected chi connectivity index (χ0v) is 18.4. The Morgan fingerprint density at radius 1 is 1.37 bits per heavy atom. The van der Waals surface area contributed by atoms with Gasteiger partial charge in [0, 0.05) is 45.8 Å². The van der Waals surface area contributed by atoms with Gasteiger partial charge in [-0.15, -0.1) is 0 Å². The predicted molar refractivity (Wildman–Crippen MR) is 112 cm³/mol. The van der Waals surface area contributed by atoms with Gasteiger partial charge >= 0.3 is 0 Å². The van der Waals surface area contributed by atoms with Crippen LogP contribution in [0.5, 0.6) is 5.75 Å². The van der Waals surface area contributed by atoms with Crippen LogP contribution in [-0.4, -0.2) is 67.2 Å². The van der Waals surface area contributed by atoms with Crippen LogP contribution in [0.4, 0.5) is 0 Å². The highest BCUT2D eigenvalue weighted by Crippen LogP contribution is 2.27. The molecule has 1 saturated heterocycles. The molecule has 1 aromatic heterocycles. The zero-order chi connectivity index (χ0) is 21.9. The van der Waals surface area contributed by atoms with Crippen LogP contribution in [-0.2, 0) is 16.8 Å². The van der Waals surface area contributed by atoms with Crippen LogP contribution in [0.25, 0.3) is 0 Å². The molecule has 2 heterocycles. The number of hydrogen-bond acceptors (Lipinski definition) is 6. The lowest BCUT2D eigenvalue weighted by atomic mass is 10.1. The number of methoxy groups -OCH3 is 1. The number of nitrogens with zero attached hydrogens (tertiary/aromatic N) is 4. The number of aryl methyl sites for hydroxylation is 1. The first kappa shape index (κ1) is 22.1. The van der Waals surface area contributed by atoms with Crippen molar-refractivity contribution in [2.24, 2.45) is 0 Å². The molecule has 3 rings (SSSR count). The van der Waals surface area contributed by atoms with Gasteiger partial charge in [0.1, 0.15) is 11.6 Å². The van der Waals surface area contributed by atoms with Crippen LogP contribution in [0.1, 0.15) is 39.8 Å². The summed E-state index contributed by atoms with van der Waals surface area (Å²) in [4.78, 5) is 21.4. The van der Waals surface area contributed by atoms with Gasteiger partial charge in [0.05, 0.1) is 18.4 Å². The van der Waals surface area contributed by atoms with Crippen LogP contribution < -0.4 is 10.1 Å². The van der Waals surface area contributed by atoms with Crippen LogP contribution in [0.2, 0.25) is 0 Å². The molecule has 10 heteroatoms. The van der Waals surface area contributed by atoms with Gasteiger partial charge in [0.15, 0.2) is 0 Å². The maximum absolute atomic E-state index is 12.6.